The molecular weight excluding hydrogens is 713 g/mol. The fourth-order valence-corrected chi connectivity index (χ4v) is 7.76. The molecule has 0 saturated carbocycles. The first-order chi connectivity index (χ1) is 26.8. The van der Waals surface area contributed by atoms with Crippen molar-refractivity contribution < 1.29 is 37.6 Å². The zero-order valence-corrected chi connectivity index (χ0v) is 37.1. The molecule has 0 aliphatic carbocycles. The molecule has 0 heterocycles. The van der Waals surface area contributed by atoms with Gasteiger partial charge in [0.25, 0.3) is 0 Å². The van der Waals surface area contributed by atoms with Crippen molar-refractivity contribution in [1.82, 2.24) is 0 Å². The number of hydrogen-bond acceptors (Lipinski definition) is 8. The number of unbranched alkanes of at least 4 members (excludes halogenated alkanes) is 32. The lowest BCUT2D eigenvalue weighted by Gasteiger charge is -2.19. The van der Waals surface area contributed by atoms with E-state index >= 15 is 0 Å². The highest BCUT2D eigenvalue weighted by atomic mass is 31.2. The van der Waals surface area contributed by atoms with Gasteiger partial charge in [-0.2, -0.15) is 0 Å². The van der Waals surface area contributed by atoms with Gasteiger partial charge in [0.15, 0.2) is 6.10 Å². The highest BCUT2D eigenvalue weighted by Gasteiger charge is 2.26. The molecule has 0 aromatic rings. The molecule has 328 valence electrons. The van der Waals surface area contributed by atoms with Gasteiger partial charge in [0.2, 0.25) is 0 Å². The molecule has 0 aromatic heterocycles. The molecule has 3 N–H and O–H groups in total. The lowest BCUT2D eigenvalue weighted by molar-refractivity contribution is -0.161. The normalized spacial score (nSPS) is 13.2. The predicted octanol–water partition coefficient (Wildman–Crippen LogP) is 13.6. The molecule has 2 atom stereocenters. The fourth-order valence-electron chi connectivity index (χ4n) is 6.99. The first-order valence-electron chi connectivity index (χ1n) is 23.5. The summed E-state index contributed by atoms with van der Waals surface area (Å²) < 4.78 is 32.9. The van der Waals surface area contributed by atoms with Gasteiger partial charge in [0.1, 0.15) is 6.61 Å². The van der Waals surface area contributed by atoms with Crippen LogP contribution >= 0.6 is 7.82 Å². The highest BCUT2D eigenvalue weighted by molar-refractivity contribution is 7.47. The van der Waals surface area contributed by atoms with Crippen LogP contribution in [0.4, 0.5) is 0 Å². The summed E-state index contributed by atoms with van der Waals surface area (Å²) in [6.07, 6.45) is 42.7. The van der Waals surface area contributed by atoms with Crippen LogP contribution in [0.3, 0.4) is 0 Å². The van der Waals surface area contributed by atoms with Gasteiger partial charge in [0, 0.05) is 19.4 Å². The number of ether oxygens (including phenoxy) is 2. The number of phosphoric acid groups is 1. The third-order valence-electron chi connectivity index (χ3n) is 10.5. The van der Waals surface area contributed by atoms with E-state index in [0.29, 0.717) is 6.42 Å². The van der Waals surface area contributed by atoms with Crippen LogP contribution in [0, 0.1) is 0 Å². The molecule has 0 fully saturated rings. The lowest BCUT2D eigenvalue weighted by Crippen LogP contribution is -2.29. The van der Waals surface area contributed by atoms with Gasteiger partial charge < -0.3 is 20.1 Å². The maximum absolute atomic E-state index is 12.6. The van der Waals surface area contributed by atoms with Crippen LogP contribution in [0.2, 0.25) is 0 Å². The molecule has 0 rings (SSSR count). The minimum absolute atomic E-state index is 0.0582. The number of phosphoric ester groups is 1. The van der Waals surface area contributed by atoms with Crippen LogP contribution in [0.25, 0.3) is 0 Å². The summed E-state index contributed by atoms with van der Waals surface area (Å²) in [4.78, 5) is 34.9. The van der Waals surface area contributed by atoms with Gasteiger partial charge in [-0.3, -0.25) is 18.6 Å². The molecule has 0 aliphatic heterocycles. The smallest absolute Gasteiger partial charge is 0.462 e. The van der Waals surface area contributed by atoms with E-state index in [-0.39, 0.29) is 38.6 Å². The number of esters is 2. The Balaban J connectivity index is 4.05. The molecule has 0 bridgehead atoms. The van der Waals surface area contributed by atoms with Crippen molar-refractivity contribution >= 4 is 19.8 Å². The minimum atomic E-state index is -4.37. The van der Waals surface area contributed by atoms with Crippen molar-refractivity contribution in [1.29, 1.82) is 0 Å². The molecule has 0 aromatic carbocycles. The van der Waals surface area contributed by atoms with E-state index < -0.39 is 26.5 Å². The molecule has 55 heavy (non-hydrogen) atoms. The van der Waals surface area contributed by atoms with Crippen molar-refractivity contribution in [3.63, 3.8) is 0 Å². The van der Waals surface area contributed by atoms with E-state index in [9.17, 15) is 19.0 Å². The van der Waals surface area contributed by atoms with Gasteiger partial charge in [-0.25, -0.2) is 4.57 Å². The van der Waals surface area contributed by atoms with Gasteiger partial charge in [-0.1, -0.05) is 219 Å². The number of carbonyl (C=O) groups is 2. The maximum Gasteiger partial charge on any atom is 0.472 e. The van der Waals surface area contributed by atoms with Crippen molar-refractivity contribution in [2.24, 2.45) is 5.73 Å². The molecule has 1 unspecified atom stereocenters. The van der Waals surface area contributed by atoms with Crippen molar-refractivity contribution in [3.8, 4) is 0 Å². The largest absolute Gasteiger partial charge is 0.472 e. The summed E-state index contributed by atoms with van der Waals surface area (Å²) >= 11 is 0. The second-order valence-electron chi connectivity index (χ2n) is 16.0. The van der Waals surface area contributed by atoms with Gasteiger partial charge in [-0.15, -0.1) is 0 Å². The summed E-state index contributed by atoms with van der Waals surface area (Å²) in [7, 11) is -4.37. The van der Waals surface area contributed by atoms with Crippen molar-refractivity contribution in [2.75, 3.05) is 26.4 Å². The van der Waals surface area contributed by atoms with Crippen LogP contribution in [-0.4, -0.2) is 49.3 Å². The molecule has 0 radical (unpaired) electrons. The first kappa shape index (κ1) is 54.0. The van der Waals surface area contributed by atoms with E-state index in [1.165, 1.54) is 180 Å². The van der Waals surface area contributed by atoms with Crippen LogP contribution in [0.15, 0.2) is 0 Å². The molecular formula is C45H90NO8P. The van der Waals surface area contributed by atoms with Crippen LogP contribution in [0.5, 0.6) is 0 Å². The van der Waals surface area contributed by atoms with Gasteiger partial charge >= 0.3 is 19.8 Å². The fraction of sp³-hybridized carbons (Fsp3) is 0.956. The van der Waals surface area contributed by atoms with Gasteiger partial charge in [-0.05, 0) is 12.8 Å². The molecule has 10 heteroatoms. The second-order valence-corrected chi connectivity index (χ2v) is 17.4. The number of hydrogen-bond donors (Lipinski definition) is 2. The van der Waals surface area contributed by atoms with Gasteiger partial charge in [0.05, 0.1) is 13.2 Å². The van der Waals surface area contributed by atoms with Crippen LogP contribution < -0.4 is 5.73 Å². The Hall–Kier alpha value is -0.990. The van der Waals surface area contributed by atoms with E-state index in [1.54, 1.807) is 0 Å². The third kappa shape index (κ3) is 42.4. The van der Waals surface area contributed by atoms with Crippen molar-refractivity contribution in [3.05, 3.63) is 0 Å². The standard InChI is InChI=1S/C45H90NO8P/c1-3-5-7-9-11-13-15-17-19-21-22-24-26-28-30-32-34-36-38-45(48)54-43(42-53-55(49,50)52-40-39-46)41-51-44(47)37-35-33-31-29-27-25-23-20-18-16-14-12-10-8-6-4-2/h43H,3-42,46H2,1-2H3,(H,49,50)/t43-/m1/s1. The molecule has 0 saturated heterocycles. The van der Waals surface area contributed by atoms with Crippen LogP contribution in [0.1, 0.15) is 245 Å². The number of nitrogens with two attached hydrogens (primary N) is 1. The summed E-state index contributed by atoms with van der Waals surface area (Å²) in [6.45, 7) is 3.79. The molecule has 9 nitrogen and oxygen atoms in total. The Bertz CT molecular complexity index is 876. The Morgan fingerprint density at radius 2 is 0.782 bits per heavy atom. The SMILES string of the molecule is CCCCCCCCCCCCCCCCCCCCC(=O)O[C@H](COC(=O)CCCCCCCCCCCCCCCCCC)COP(=O)(O)OCCN. The van der Waals surface area contributed by atoms with E-state index in [1.807, 2.05) is 0 Å². The molecule has 0 aliphatic rings. The van der Waals surface area contributed by atoms with E-state index in [4.69, 9.17) is 24.3 Å². The highest BCUT2D eigenvalue weighted by Crippen LogP contribution is 2.43. The average molecular weight is 804 g/mol. The molecule has 0 amide bonds. The van der Waals surface area contributed by atoms with E-state index in [0.717, 1.165) is 32.1 Å². The molecule has 0 spiro atoms. The summed E-state index contributed by atoms with van der Waals surface area (Å²) in [5.41, 5.74) is 5.36. The zero-order chi connectivity index (χ0) is 40.3. The minimum Gasteiger partial charge on any atom is -0.462 e. The zero-order valence-electron chi connectivity index (χ0n) is 36.2. The van der Waals surface area contributed by atoms with Crippen molar-refractivity contribution in [2.45, 2.75) is 251 Å². The summed E-state index contributed by atoms with van der Waals surface area (Å²) in [5, 5.41) is 0. The topological polar surface area (TPSA) is 134 Å². The summed E-state index contributed by atoms with van der Waals surface area (Å²) in [5.74, 6) is -0.809. The van der Waals surface area contributed by atoms with Crippen LogP contribution in [-0.2, 0) is 32.7 Å². The first-order valence-corrected chi connectivity index (χ1v) is 25.0. The second kappa shape index (κ2) is 42.6. The predicted molar refractivity (Wildman–Crippen MR) is 229 cm³/mol. The summed E-state index contributed by atoms with van der Waals surface area (Å²) in [6, 6.07) is 0. The Kier molecular flexibility index (Phi) is 41.8. The Labute approximate surface area is 339 Å². The lowest BCUT2D eigenvalue weighted by atomic mass is 10.0. The number of rotatable bonds is 45. The monoisotopic (exact) mass is 804 g/mol. The van der Waals surface area contributed by atoms with E-state index in [2.05, 4.69) is 13.8 Å². The third-order valence-corrected chi connectivity index (χ3v) is 11.5. The maximum atomic E-state index is 12.6. The Morgan fingerprint density at radius 3 is 1.11 bits per heavy atom. The quantitative estimate of drug-likeness (QED) is 0.0350. The number of carbonyl (C=O) groups excluding carboxylic acids is 2. The Morgan fingerprint density at radius 1 is 0.473 bits per heavy atom. The average Bonchev–Trinajstić information content (AvgIpc) is 3.17.